The quantitative estimate of drug-likeness (QED) is 0.393. The first-order valence-corrected chi connectivity index (χ1v) is 16.8. The van der Waals surface area contributed by atoms with Crippen LogP contribution in [0.1, 0.15) is 52.9 Å². The van der Waals surface area contributed by atoms with E-state index in [1.54, 1.807) is 15.6 Å². The Hall–Kier alpha value is -3.82. The number of nitrogens with zero attached hydrogens (tertiary/aromatic N) is 9. The number of pyridine rings is 1. The van der Waals surface area contributed by atoms with Crippen LogP contribution in [0.2, 0.25) is 0 Å². The number of carbonyl (C=O) groups excluding carboxylic acids is 1. The number of anilines is 2. The summed E-state index contributed by atoms with van der Waals surface area (Å²) in [5, 5.41) is 16.8. The minimum absolute atomic E-state index is 0.138. The highest BCUT2D eigenvalue weighted by atomic mass is 19.1. The fraction of sp³-hybridized carbons (Fsp3) is 0.618. The van der Waals surface area contributed by atoms with Gasteiger partial charge in [0.1, 0.15) is 6.42 Å². The number of piperidine rings is 2. The number of aromatic nitrogens is 4. The Morgan fingerprint density at radius 1 is 1.04 bits per heavy atom. The lowest BCUT2D eigenvalue weighted by Gasteiger charge is -2.40. The molecule has 0 radical (unpaired) electrons. The molecule has 0 spiro atoms. The number of nitriles is 1. The Labute approximate surface area is 271 Å². The second-order valence-electron chi connectivity index (χ2n) is 14.3. The summed E-state index contributed by atoms with van der Waals surface area (Å²) in [4.78, 5) is 30.8. The molecule has 1 atom stereocenters. The third kappa shape index (κ3) is 7.58. The van der Waals surface area contributed by atoms with E-state index >= 15 is 4.39 Å². The van der Waals surface area contributed by atoms with Gasteiger partial charge >= 0.3 is 0 Å². The first-order valence-electron chi connectivity index (χ1n) is 16.8. The van der Waals surface area contributed by atoms with E-state index in [0.717, 1.165) is 50.1 Å². The zero-order valence-electron chi connectivity index (χ0n) is 27.5. The number of piperazine rings is 1. The SMILES string of the molecule is CC(C)(C)CN1CCC(CN2CCN(c3nc(-c4cnn5ccccc45)nc(N[C@@H]4CCCN(C(=O)CC#N)C4)c3F)CC2)CC1. The summed E-state index contributed by atoms with van der Waals surface area (Å²) in [6.07, 6.45) is 7.45. The molecule has 1 N–H and O–H groups in total. The smallest absolute Gasteiger partial charge is 0.236 e. The lowest BCUT2D eigenvalue weighted by Crippen LogP contribution is -2.49. The van der Waals surface area contributed by atoms with Crippen molar-refractivity contribution in [3.63, 3.8) is 0 Å². The fourth-order valence-electron chi connectivity index (χ4n) is 7.17. The minimum atomic E-state index is -0.472. The summed E-state index contributed by atoms with van der Waals surface area (Å²) < 4.78 is 18.1. The number of amides is 1. The molecule has 3 aliphatic rings. The Morgan fingerprint density at radius 3 is 2.57 bits per heavy atom. The predicted octanol–water partition coefficient (Wildman–Crippen LogP) is 4.13. The molecule has 6 heterocycles. The molecule has 11 nitrogen and oxygen atoms in total. The lowest BCUT2D eigenvalue weighted by molar-refractivity contribution is -0.131. The fourth-order valence-corrected chi connectivity index (χ4v) is 7.17. The molecule has 3 saturated heterocycles. The van der Waals surface area contributed by atoms with Crippen molar-refractivity contribution >= 4 is 23.1 Å². The van der Waals surface area contributed by atoms with Crippen LogP contribution in [0.5, 0.6) is 0 Å². The number of likely N-dealkylation sites (tertiary alicyclic amines) is 2. The molecule has 3 aromatic rings. The van der Waals surface area contributed by atoms with Gasteiger partial charge < -0.3 is 20.0 Å². The largest absolute Gasteiger partial charge is 0.363 e. The average molecular weight is 631 g/mol. The van der Waals surface area contributed by atoms with E-state index in [1.807, 2.05) is 35.4 Å². The predicted molar refractivity (Wildman–Crippen MR) is 177 cm³/mol. The number of halogens is 1. The highest BCUT2D eigenvalue weighted by molar-refractivity contribution is 5.79. The summed E-state index contributed by atoms with van der Waals surface area (Å²) in [5.74, 6) is 0.883. The molecule has 0 saturated carbocycles. The van der Waals surface area contributed by atoms with Crippen LogP contribution in [0.15, 0.2) is 30.6 Å². The van der Waals surface area contributed by atoms with Crippen molar-refractivity contribution in [2.75, 3.05) is 75.7 Å². The molecule has 12 heteroatoms. The van der Waals surface area contributed by atoms with Crippen LogP contribution in [0.25, 0.3) is 16.9 Å². The van der Waals surface area contributed by atoms with E-state index in [-0.39, 0.29) is 24.2 Å². The minimum Gasteiger partial charge on any atom is -0.363 e. The molecule has 6 rings (SSSR count). The highest BCUT2D eigenvalue weighted by Gasteiger charge is 2.30. The van der Waals surface area contributed by atoms with E-state index in [9.17, 15) is 4.79 Å². The second kappa shape index (κ2) is 13.9. The number of hydrogen-bond donors (Lipinski definition) is 1. The number of hydrogen-bond acceptors (Lipinski definition) is 9. The van der Waals surface area contributed by atoms with E-state index in [2.05, 4.69) is 41.0 Å². The van der Waals surface area contributed by atoms with E-state index in [1.165, 1.54) is 25.9 Å². The maximum absolute atomic E-state index is 16.4. The van der Waals surface area contributed by atoms with Gasteiger partial charge in [-0.2, -0.15) is 14.8 Å². The number of rotatable bonds is 8. The molecule has 3 aliphatic heterocycles. The second-order valence-corrected chi connectivity index (χ2v) is 14.3. The normalized spacial score (nSPS) is 20.6. The Kier molecular flexibility index (Phi) is 9.70. The molecular weight excluding hydrogens is 583 g/mol. The molecule has 0 aliphatic carbocycles. The lowest BCUT2D eigenvalue weighted by atomic mass is 9.91. The van der Waals surface area contributed by atoms with Crippen LogP contribution in [-0.2, 0) is 4.79 Å². The van der Waals surface area contributed by atoms with Gasteiger partial charge in [-0.15, -0.1) is 0 Å². The number of nitrogens with one attached hydrogen (secondary N) is 1. The van der Waals surface area contributed by atoms with Gasteiger partial charge in [-0.1, -0.05) is 26.8 Å². The Bertz CT molecular complexity index is 1550. The van der Waals surface area contributed by atoms with Gasteiger partial charge in [0, 0.05) is 64.6 Å². The van der Waals surface area contributed by atoms with E-state index < -0.39 is 5.82 Å². The first kappa shape index (κ1) is 32.1. The summed E-state index contributed by atoms with van der Waals surface area (Å²) in [5.41, 5.74) is 1.90. The molecule has 0 unspecified atom stereocenters. The van der Waals surface area contributed by atoms with Crippen molar-refractivity contribution in [2.24, 2.45) is 11.3 Å². The number of carbonyl (C=O) groups is 1. The first-order chi connectivity index (χ1) is 22.2. The standard InChI is InChI=1S/C34H47FN10O/c1-34(2,3)24-42-15-10-25(11-16-42)22-41-17-19-43(20-18-41)33-30(35)32(38-26-7-6-13-44(23-26)29(46)9-12-36)39-31(40-33)27-21-37-45-14-5-4-8-28(27)45/h4-5,8,14,21,25-26H,6-7,9-11,13,15-20,22-24H2,1-3H3,(H,38,39,40)/t26-/m1/s1. The third-order valence-electron chi connectivity index (χ3n) is 9.44. The van der Waals surface area contributed by atoms with Crippen LogP contribution in [0, 0.1) is 28.5 Å². The zero-order chi connectivity index (χ0) is 32.3. The van der Waals surface area contributed by atoms with Gasteiger partial charge in [-0.3, -0.25) is 9.69 Å². The maximum atomic E-state index is 16.4. The zero-order valence-corrected chi connectivity index (χ0v) is 27.5. The Morgan fingerprint density at radius 2 is 1.83 bits per heavy atom. The van der Waals surface area contributed by atoms with Crippen molar-refractivity contribution in [2.45, 2.75) is 58.9 Å². The van der Waals surface area contributed by atoms with Crippen LogP contribution in [0.4, 0.5) is 16.0 Å². The maximum Gasteiger partial charge on any atom is 0.236 e. The van der Waals surface area contributed by atoms with Crippen molar-refractivity contribution < 1.29 is 9.18 Å². The van der Waals surface area contributed by atoms with Crippen LogP contribution in [-0.4, -0.2) is 112 Å². The van der Waals surface area contributed by atoms with Gasteiger partial charge in [0.2, 0.25) is 11.7 Å². The van der Waals surface area contributed by atoms with Gasteiger partial charge in [0.25, 0.3) is 0 Å². The summed E-state index contributed by atoms with van der Waals surface area (Å²) in [6.45, 7) is 15.6. The van der Waals surface area contributed by atoms with Gasteiger partial charge in [-0.05, 0) is 62.2 Å². The van der Waals surface area contributed by atoms with Crippen LogP contribution >= 0.6 is 0 Å². The van der Waals surface area contributed by atoms with Crippen molar-refractivity contribution in [1.29, 1.82) is 5.26 Å². The third-order valence-corrected chi connectivity index (χ3v) is 9.44. The topological polar surface area (TPSA) is 109 Å². The van der Waals surface area contributed by atoms with Crippen molar-refractivity contribution in [3.8, 4) is 17.5 Å². The molecule has 0 bridgehead atoms. The average Bonchev–Trinajstić information content (AvgIpc) is 3.47. The monoisotopic (exact) mass is 630 g/mol. The molecule has 3 fully saturated rings. The summed E-state index contributed by atoms with van der Waals surface area (Å²) in [7, 11) is 0. The Balaban J connectivity index is 1.17. The highest BCUT2D eigenvalue weighted by Crippen LogP contribution is 2.31. The van der Waals surface area contributed by atoms with Gasteiger partial charge in [0.15, 0.2) is 17.5 Å². The van der Waals surface area contributed by atoms with Crippen molar-refractivity contribution in [1.82, 2.24) is 34.3 Å². The molecule has 0 aromatic carbocycles. The van der Waals surface area contributed by atoms with E-state index in [0.29, 0.717) is 49.2 Å². The molecule has 1 amide bonds. The summed E-state index contributed by atoms with van der Waals surface area (Å²) in [6, 6.07) is 7.56. The van der Waals surface area contributed by atoms with E-state index in [4.69, 9.17) is 15.2 Å². The summed E-state index contributed by atoms with van der Waals surface area (Å²) >= 11 is 0. The van der Waals surface area contributed by atoms with Crippen molar-refractivity contribution in [3.05, 3.63) is 36.4 Å². The molecular formula is C34H47FN10O. The van der Waals surface area contributed by atoms with Crippen LogP contribution < -0.4 is 10.2 Å². The molecule has 246 valence electrons. The van der Waals surface area contributed by atoms with Gasteiger partial charge in [-0.25, -0.2) is 14.5 Å². The molecule has 46 heavy (non-hydrogen) atoms. The number of fused-ring (bicyclic) bond motifs is 1. The molecule has 3 aromatic heterocycles. The van der Waals surface area contributed by atoms with Gasteiger partial charge in [0.05, 0.1) is 23.3 Å². The van der Waals surface area contributed by atoms with Crippen LogP contribution in [0.3, 0.4) is 0 Å².